The first-order valence-electron chi connectivity index (χ1n) is 11.0. The van der Waals surface area contributed by atoms with Crippen molar-refractivity contribution >= 4 is 17.2 Å². The number of rotatable bonds is 6. The summed E-state index contributed by atoms with van der Waals surface area (Å²) in [7, 11) is 0. The number of nitro groups is 1. The maximum Gasteiger partial charge on any atom is 0.423 e. The van der Waals surface area contributed by atoms with Crippen molar-refractivity contribution in [1.29, 1.82) is 0 Å². The number of alkyl halides is 3. The number of nitrogens with zero attached hydrogens (tertiary/aromatic N) is 3. The van der Waals surface area contributed by atoms with E-state index in [0.717, 1.165) is 75.6 Å². The Kier molecular flexibility index (Phi) is 6.87. The van der Waals surface area contributed by atoms with Crippen LogP contribution in [0.1, 0.15) is 31.2 Å². The predicted octanol–water partition coefficient (Wildman–Crippen LogP) is 4.22. The van der Waals surface area contributed by atoms with Crippen LogP contribution >= 0.6 is 0 Å². The van der Waals surface area contributed by atoms with Crippen molar-refractivity contribution in [3.63, 3.8) is 0 Å². The van der Waals surface area contributed by atoms with Gasteiger partial charge in [-0.2, -0.15) is 13.2 Å². The summed E-state index contributed by atoms with van der Waals surface area (Å²) in [6.45, 7) is 3.63. The third kappa shape index (κ3) is 5.84. The fourth-order valence-electron chi connectivity index (χ4n) is 4.31. The molecule has 1 saturated heterocycles. The summed E-state index contributed by atoms with van der Waals surface area (Å²) < 4.78 is 45.8. The van der Waals surface area contributed by atoms with Gasteiger partial charge < -0.3 is 20.3 Å². The molecule has 0 bridgehead atoms. The Hall–Kier alpha value is -3.08. The van der Waals surface area contributed by atoms with Gasteiger partial charge in [-0.25, -0.2) is 4.98 Å². The molecule has 2 fully saturated rings. The second kappa shape index (κ2) is 9.82. The SMILES string of the molecule is O=[N+]([O-])c1ccc(NC2CCC(Oc3ccnc(N4CCNCC4)c3)CC2)cc1C(F)(F)F. The highest BCUT2D eigenvalue weighted by Crippen LogP contribution is 2.38. The van der Waals surface area contributed by atoms with Crippen LogP contribution in [0.2, 0.25) is 0 Å². The van der Waals surface area contributed by atoms with Crippen LogP contribution in [-0.4, -0.2) is 48.2 Å². The molecule has 0 radical (unpaired) electrons. The second-order valence-corrected chi connectivity index (χ2v) is 8.31. The average Bonchev–Trinajstić information content (AvgIpc) is 2.80. The van der Waals surface area contributed by atoms with Crippen LogP contribution in [0.3, 0.4) is 0 Å². The number of hydrogen-bond acceptors (Lipinski definition) is 7. The Morgan fingerprint density at radius 1 is 1.12 bits per heavy atom. The van der Waals surface area contributed by atoms with E-state index >= 15 is 0 Å². The van der Waals surface area contributed by atoms with E-state index in [9.17, 15) is 23.3 Å². The topological polar surface area (TPSA) is 92.6 Å². The first-order chi connectivity index (χ1) is 15.8. The van der Waals surface area contributed by atoms with E-state index in [-0.39, 0.29) is 17.8 Å². The largest absolute Gasteiger partial charge is 0.490 e. The van der Waals surface area contributed by atoms with Gasteiger partial charge in [-0.15, -0.1) is 0 Å². The van der Waals surface area contributed by atoms with E-state index in [1.54, 1.807) is 6.20 Å². The molecule has 2 aromatic rings. The van der Waals surface area contributed by atoms with Crippen LogP contribution in [0.4, 0.5) is 30.4 Å². The molecule has 178 valence electrons. The van der Waals surface area contributed by atoms with Crippen LogP contribution in [-0.2, 0) is 6.18 Å². The Bertz CT molecular complexity index is 974. The van der Waals surface area contributed by atoms with Gasteiger partial charge in [-0.05, 0) is 43.9 Å². The predicted molar refractivity (Wildman–Crippen MR) is 118 cm³/mol. The highest BCUT2D eigenvalue weighted by Gasteiger charge is 2.38. The van der Waals surface area contributed by atoms with Crippen molar-refractivity contribution in [3.05, 3.63) is 52.2 Å². The molecule has 8 nitrogen and oxygen atoms in total. The highest BCUT2D eigenvalue weighted by molar-refractivity contribution is 5.55. The molecule has 2 heterocycles. The molecule has 1 aromatic carbocycles. The van der Waals surface area contributed by atoms with Crippen molar-refractivity contribution in [3.8, 4) is 5.75 Å². The van der Waals surface area contributed by atoms with E-state index in [4.69, 9.17) is 4.74 Å². The number of piperazine rings is 1. The minimum atomic E-state index is -4.79. The number of pyridine rings is 1. The zero-order valence-electron chi connectivity index (χ0n) is 18.0. The number of halogens is 3. The van der Waals surface area contributed by atoms with Crippen molar-refractivity contribution in [1.82, 2.24) is 10.3 Å². The van der Waals surface area contributed by atoms with Gasteiger partial charge in [0.2, 0.25) is 0 Å². The molecule has 0 atom stereocenters. The summed E-state index contributed by atoms with van der Waals surface area (Å²) in [5, 5.41) is 17.3. The van der Waals surface area contributed by atoms with E-state index in [0.29, 0.717) is 0 Å². The van der Waals surface area contributed by atoms with E-state index in [2.05, 4.69) is 20.5 Å². The van der Waals surface area contributed by atoms with E-state index < -0.39 is 22.4 Å². The summed E-state index contributed by atoms with van der Waals surface area (Å²) in [4.78, 5) is 16.6. The van der Waals surface area contributed by atoms with Crippen LogP contribution in [0.15, 0.2) is 36.5 Å². The van der Waals surface area contributed by atoms with Gasteiger partial charge >= 0.3 is 6.18 Å². The van der Waals surface area contributed by atoms with E-state index in [1.807, 2.05) is 12.1 Å². The van der Waals surface area contributed by atoms with Crippen LogP contribution in [0, 0.1) is 10.1 Å². The molecule has 1 saturated carbocycles. The third-order valence-electron chi connectivity index (χ3n) is 6.00. The Labute approximate surface area is 189 Å². The lowest BCUT2D eigenvalue weighted by Crippen LogP contribution is -2.43. The van der Waals surface area contributed by atoms with Crippen molar-refractivity contribution < 1.29 is 22.8 Å². The maximum absolute atomic E-state index is 13.2. The van der Waals surface area contributed by atoms with Gasteiger partial charge in [-0.1, -0.05) is 0 Å². The summed E-state index contributed by atoms with van der Waals surface area (Å²) in [6, 6.07) is 6.80. The molecule has 0 unspecified atom stereocenters. The summed E-state index contributed by atoms with van der Waals surface area (Å²) in [6.07, 6.45) is -0.0856. The number of hydrogen-bond donors (Lipinski definition) is 2. The summed E-state index contributed by atoms with van der Waals surface area (Å²) in [5.74, 6) is 1.66. The molecular weight excluding hydrogens is 439 g/mol. The van der Waals surface area contributed by atoms with Gasteiger partial charge in [0, 0.05) is 56.2 Å². The fourth-order valence-corrected chi connectivity index (χ4v) is 4.31. The molecule has 0 amide bonds. The number of benzene rings is 1. The third-order valence-corrected chi connectivity index (χ3v) is 6.00. The quantitative estimate of drug-likeness (QED) is 0.487. The Morgan fingerprint density at radius 2 is 1.85 bits per heavy atom. The van der Waals surface area contributed by atoms with Crippen molar-refractivity contribution in [2.45, 2.75) is 44.0 Å². The molecule has 11 heteroatoms. The molecule has 2 N–H and O–H groups in total. The molecule has 33 heavy (non-hydrogen) atoms. The highest BCUT2D eigenvalue weighted by atomic mass is 19.4. The lowest BCUT2D eigenvalue weighted by atomic mass is 9.92. The number of ether oxygens (including phenoxy) is 1. The number of nitro benzene ring substituents is 1. The number of aromatic nitrogens is 1. The van der Waals surface area contributed by atoms with Gasteiger partial charge in [-0.3, -0.25) is 10.1 Å². The first-order valence-corrected chi connectivity index (χ1v) is 11.0. The van der Waals surface area contributed by atoms with Crippen molar-refractivity contribution in [2.75, 3.05) is 36.4 Å². The molecular formula is C22H26F3N5O3. The lowest BCUT2D eigenvalue weighted by Gasteiger charge is -2.31. The van der Waals surface area contributed by atoms with Gasteiger partial charge in [0.05, 0.1) is 11.0 Å². The van der Waals surface area contributed by atoms with E-state index in [1.165, 1.54) is 6.07 Å². The second-order valence-electron chi connectivity index (χ2n) is 8.31. The summed E-state index contributed by atoms with van der Waals surface area (Å²) in [5.41, 5.74) is -1.96. The van der Waals surface area contributed by atoms with Gasteiger partial charge in [0.1, 0.15) is 17.1 Å². The van der Waals surface area contributed by atoms with Gasteiger partial charge in [0.15, 0.2) is 0 Å². The minimum Gasteiger partial charge on any atom is -0.490 e. The zero-order valence-corrected chi connectivity index (χ0v) is 18.0. The Morgan fingerprint density at radius 3 is 2.52 bits per heavy atom. The molecule has 1 aliphatic heterocycles. The van der Waals surface area contributed by atoms with Gasteiger partial charge in [0.25, 0.3) is 5.69 Å². The first kappa shape index (κ1) is 23.1. The molecule has 2 aliphatic rings. The Balaban J connectivity index is 1.33. The minimum absolute atomic E-state index is 0.0175. The molecule has 0 spiro atoms. The fraction of sp³-hybridized carbons (Fsp3) is 0.500. The monoisotopic (exact) mass is 465 g/mol. The maximum atomic E-state index is 13.2. The molecule has 1 aliphatic carbocycles. The molecule has 1 aromatic heterocycles. The lowest BCUT2D eigenvalue weighted by molar-refractivity contribution is -0.388. The number of anilines is 2. The van der Waals surface area contributed by atoms with Crippen LogP contribution in [0.25, 0.3) is 0 Å². The zero-order chi connectivity index (χ0) is 23.4. The smallest absolute Gasteiger partial charge is 0.423 e. The average molecular weight is 465 g/mol. The number of nitrogens with one attached hydrogen (secondary N) is 2. The molecule has 4 rings (SSSR count). The van der Waals surface area contributed by atoms with Crippen molar-refractivity contribution in [2.24, 2.45) is 0 Å². The summed E-state index contributed by atoms with van der Waals surface area (Å²) >= 11 is 0. The van der Waals surface area contributed by atoms with Crippen LogP contribution < -0.4 is 20.3 Å². The standard InChI is InChI=1S/C22H26F3N5O3/c23-22(24,25)19-13-16(3-6-20(19)30(31)32)28-15-1-4-17(5-2-15)33-18-7-8-27-21(14-18)29-11-9-26-10-12-29/h3,6-8,13-15,17,26,28H,1-2,4-5,9-12H2. The normalized spacial score (nSPS) is 21.5. The van der Waals surface area contributed by atoms with Crippen LogP contribution in [0.5, 0.6) is 5.75 Å².